The Balaban J connectivity index is 2.43. The zero-order chi connectivity index (χ0) is 7.56. The van der Waals surface area contributed by atoms with Crippen molar-refractivity contribution in [1.82, 2.24) is 0 Å². The van der Waals surface area contributed by atoms with E-state index in [2.05, 4.69) is 16.1 Å². The van der Waals surface area contributed by atoms with Gasteiger partial charge in [0.2, 0.25) is 0 Å². The highest BCUT2D eigenvalue weighted by molar-refractivity contribution is 5.62. The molecule has 1 heterocycles. The fraction of sp³-hybridized carbons (Fsp3) is 0.500. The van der Waals surface area contributed by atoms with Crippen molar-refractivity contribution < 1.29 is 18.7 Å². The third-order valence-corrected chi connectivity index (χ3v) is 1.19. The van der Waals surface area contributed by atoms with Crippen LogP contribution in [0.1, 0.15) is 0 Å². The quantitative estimate of drug-likeness (QED) is 0.431. The number of rotatable bonds is 2. The van der Waals surface area contributed by atoms with Crippen molar-refractivity contribution in [2.24, 2.45) is 0 Å². The minimum Gasteiger partial charge on any atom is -0.430 e. The zero-order valence-corrected chi connectivity index (χ0v) is 5.25. The average Bonchev–Trinajstić information content (AvgIpc) is 2.34. The lowest BCUT2D eigenvalue weighted by Crippen LogP contribution is -2.21. The van der Waals surface area contributed by atoms with Crippen molar-refractivity contribution in [3.63, 3.8) is 0 Å². The lowest BCUT2D eigenvalue weighted by atomic mass is 10.2. The SMILES string of the molecule is C=CC(F)C1COC(=O)O1. The highest BCUT2D eigenvalue weighted by Gasteiger charge is 2.30. The first kappa shape index (κ1) is 7.05. The predicted molar refractivity (Wildman–Crippen MR) is 31.3 cm³/mol. The summed E-state index contributed by atoms with van der Waals surface area (Å²) in [5.74, 6) is 0. The van der Waals surface area contributed by atoms with Crippen LogP contribution in [0.5, 0.6) is 0 Å². The minimum absolute atomic E-state index is 0.0218. The topological polar surface area (TPSA) is 35.5 Å². The van der Waals surface area contributed by atoms with Gasteiger partial charge in [-0.3, -0.25) is 0 Å². The Morgan fingerprint density at radius 3 is 3.00 bits per heavy atom. The second-order valence-electron chi connectivity index (χ2n) is 1.90. The molecule has 0 aromatic heterocycles. The third kappa shape index (κ3) is 1.26. The molecule has 1 rings (SSSR count). The van der Waals surface area contributed by atoms with Crippen LogP contribution in [0.4, 0.5) is 9.18 Å². The summed E-state index contributed by atoms with van der Waals surface area (Å²) >= 11 is 0. The molecule has 1 aliphatic rings. The normalized spacial score (nSPS) is 26.9. The lowest BCUT2D eigenvalue weighted by molar-refractivity contribution is 0.0958. The van der Waals surface area contributed by atoms with Crippen LogP contribution >= 0.6 is 0 Å². The predicted octanol–water partition coefficient (Wildman–Crippen LogP) is 1.05. The summed E-state index contributed by atoms with van der Waals surface area (Å²) in [4.78, 5) is 10.2. The fourth-order valence-corrected chi connectivity index (χ4v) is 0.651. The fourth-order valence-electron chi connectivity index (χ4n) is 0.651. The van der Waals surface area contributed by atoms with E-state index in [-0.39, 0.29) is 6.61 Å². The number of halogens is 1. The first-order chi connectivity index (χ1) is 4.74. The van der Waals surface area contributed by atoms with Gasteiger partial charge in [-0.25, -0.2) is 9.18 Å². The van der Waals surface area contributed by atoms with Gasteiger partial charge in [0.05, 0.1) is 0 Å². The van der Waals surface area contributed by atoms with Crippen LogP contribution in [0.15, 0.2) is 12.7 Å². The molecule has 0 amide bonds. The van der Waals surface area contributed by atoms with E-state index < -0.39 is 18.4 Å². The van der Waals surface area contributed by atoms with Crippen molar-refractivity contribution in [3.8, 4) is 0 Å². The monoisotopic (exact) mass is 146 g/mol. The van der Waals surface area contributed by atoms with Crippen LogP contribution in [0, 0.1) is 0 Å². The molecule has 1 fully saturated rings. The van der Waals surface area contributed by atoms with Gasteiger partial charge < -0.3 is 9.47 Å². The van der Waals surface area contributed by atoms with Crippen molar-refractivity contribution in [2.75, 3.05) is 6.61 Å². The smallest absolute Gasteiger partial charge is 0.430 e. The van der Waals surface area contributed by atoms with Crippen molar-refractivity contribution in [3.05, 3.63) is 12.7 Å². The molecular formula is C6H7FO3. The molecule has 1 aliphatic heterocycles. The number of carbonyl (C=O) groups is 1. The molecule has 2 unspecified atom stereocenters. The van der Waals surface area contributed by atoms with Gasteiger partial charge in [0.25, 0.3) is 0 Å². The second kappa shape index (κ2) is 2.68. The van der Waals surface area contributed by atoms with E-state index in [0.29, 0.717) is 0 Å². The number of alkyl halides is 1. The number of carbonyl (C=O) groups excluding carboxylic acids is 1. The molecule has 3 nitrogen and oxygen atoms in total. The van der Waals surface area contributed by atoms with Gasteiger partial charge >= 0.3 is 6.16 Å². The summed E-state index contributed by atoms with van der Waals surface area (Å²) < 4.78 is 21.3. The maximum atomic E-state index is 12.5. The van der Waals surface area contributed by atoms with Gasteiger partial charge in [-0.15, -0.1) is 6.58 Å². The van der Waals surface area contributed by atoms with Gasteiger partial charge in [-0.1, -0.05) is 6.08 Å². The summed E-state index contributed by atoms with van der Waals surface area (Å²) in [5.41, 5.74) is 0. The van der Waals surface area contributed by atoms with Crippen LogP contribution < -0.4 is 0 Å². The maximum absolute atomic E-state index is 12.5. The number of hydrogen-bond donors (Lipinski definition) is 0. The number of hydrogen-bond acceptors (Lipinski definition) is 3. The molecule has 0 aromatic rings. The van der Waals surface area contributed by atoms with Gasteiger partial charge in [-0.2, -0.15) is 0 Å². The Labute approximate surface area is 57.4 Å². The summed E-state index contributed by atoms with van der Waals surface area (Å²) in [7, 11) is 0. The molecule has 4 heteroatoms. The van der Waals surface area contributed by atoms with Crippen LogP contribution in [0.2, 0.25) is 0 Å². The summed E-state index contributed by atoms with van der Waals surface area (Å²) in [6, 6.07) is 0. The van der Waals surface area contributed by atoms with Crippen LogP contribution in [0.25, 0.3) is 0 Å². The summed E-state index contributed by atoms with van der Waals surface area (Å²) in [6.45, 7) is 3.19. The maximum Gasteiger partial charge on any atom is 0.508 e. The number of ether oxygens (including phenoxy) is 2. The molecule has 0 bridgehead atoms. The first-order valence-electron chi connectivity index (χ1n) is 2.84. The van der Waals surface area contributed by atoms with E-state index in [1.54, 1.807) is 0 Å². The van der Waals surface area contributed by atoms with Crippen LogP contribution in [-0.2, 0) is 9.47 Å². The van der Waals surface area contributed by atoms with E-state index in [9.17, 15) is 9.18 Å². The van der Waals surface area contributed by atoms with Gasteiger partial charge in [0.15, 0.2) is 12.3 Å². The van der Waals surface area contributed by atoms with Crippen LogP contribution in [0.3, 0.4) is 0 Å². The zero-order valence-electron chi connectivity index (χ0n) is 5.25. The van der Waals surface area contributed by atoms with Gasteiger partial charge in [0, 0.05) is 0 Å². The Hall–Kier alpha value is -1.06. The van der Waals surface area contributed by atoms with Crippen molar-refractivity contribution >= 4 is 6.16 Å². The molecule has 2 atom stereocenters. The molecule has 0 aliphatic carbocycles. The Morgan fingerprint density at radius 2 is 2.60 bits per heavy atom. The molecule has 0 N–H and O–H groups in total. The highest BCUT2D eigenvalue weighted by atomic mass is 19.1. The standard InChI is InChI=1S/C6H7FO3/c1-2-4(7)5-3-9-6(8)10-5/h2,4-5H,1,3H2. The average molecular weight is 146 g/mol. The Bertz CT molecular complexity index is 157. The highest BCUT2D eigenvalue weighted by Crippen LogP contribution is 2.12. The van der Waals surface area contributed by atoms with E-state index in [1.807, 2.05) is 0 Å². The van der Waals surface area contributed by atoms with Crippen molar-refractivity contribution in [1.29, 1.82) is 0 Å². The molecule has 0 radical (unpaired) electrons. The van der Waals surface area contributed by atoms with E-state index in [1.165, 1.54) is 0 Å². The third-order valence-electron chi connectivity index (χ3n) is 1.19. The van der Waals surface area contributed by atoms with Gasteiger partial charge in [0.1, 0.15) is 6.61 Å². The lowest BCUT2D eigenvalue weighted by Gasteiger charge is -2.05. The van der Waals surface area contributed by atoms with E-state index >= 15 is 0 Å². The molecule has 0 saturated carbocycles. The largest absolute Gasteiger partial charge is 0.508 e. The van der Waals surface area contributed by atoms with Crippen molar-refractivity contribution in [2.45, 2.75) is 12.3 Å². The van der Waals surface area contributed by atoms with E-state index in [0.717, 1.165) is 6.08 Å². The Kier molecular flexibility index (Phi) is 1.89. The Morgan fingerprint density at radius 1 is 1.90 bits per heavy atom. The minimum atomic E-state index is -1.33. The summed E-state index contributed by atoms with van der Waals surface area (Å²) in [6.07, 6.45) is -1.86. The molecule has 10 heavy (non-hydrogen) atoms. The van der Waals surface area contributed by atoms with Gasteiger partial charge in [-0.05, 0) is 0 Å². The molecule has 0 spiro atoms. The molecule has 1 saturated heterocycles. The number of cyclic esters (lactones) is 2. The molecule has 56 valence electrons. The second-order valence-corrected chi connectivity index (χ2v) is 1.90. The molecule has 0 aromatic carbocycles. The summed E-state index contributed by atoms with van der Waals surface area (Å²) in [5, 5.41) is 0. The van der Waals surface area contributed by atoms with E-state index in [4.69, 9.17) is 0 Å². The first-order valence-corrected chi connectivity index (χ1v) is 2.84. The molecular weight excluding hydrogens is 139 g/mol. The van der Waals surface area contributed by atoms with Crippen LogP contribution in [-0.4, -0.2) is 25.0 Å².